The molecule has 0 fully saturated rings. The summed E-state index contributed by atoms with van der Waals surface area (Å²) in [5, 5.41) is 5.39. The summed E-state index contributed by atoms with van der Waals surface area (Å²) in [4.78, 5) is 7.31. The summed E-state index contributed by atoms with van der Waals surface area (Å²) >= 11 is 0. The fraction of sp³-hybridized carbons (Fsp3) is 0. The fourth-order valence-corrected chi connectivity index (χ4v) is 1.64. The number of allylic oxidation sites excluding steroid dienone is 2. The predicted octanol–water partition coefficient (Wildman–Crippen LogP) is 2.04. The Hall–Kier alpha value is -2.03. The van der Waals surface area contributed by atoms with E-state index in [0.717, 1.165) is 22.3 Å². The van der Waals surface area contributed by atoms with Crippen LogP contribution in [0.5, 0.6) is 0 Å². The van der Waals surface area contributed by atoms with E-state index in [1.165, 1.54) is 0 Å². The normalized spacial score (nSPS) is 14.4. The number of rotatable bonds is 1. The maximum Gasteiger partial charge on any atom is 0.137 e. The smallest absolute Gasteiger partial charge is 0.137 e. The number of aromatic amines is 1. The fourth-order valence-electron chi connectivity index (χ4n) is 1.64. The van der Waals surface area contributed by atoms with Gasteiger partial charge in [-0.1, -0.05) is 0 Å². The SMILES string of the molecule is C1=C[N]C(c2ccnc3[nH]ccc23)=C1. The Morgan fingerprint density at radius 1 is 1.21 bits per heavy atom. The molecule has 67 valence electrons. The maximum atomic E-state index is 4.27. The third kappa shape index (κ3) is 0.956. The summed E-state index contributed by atoms with van der Waals surface area (Å²) in [6, 6.07) is 4.00. The summed E-state index contributed by atoms with van der Waals surface area (Å²) in [7, 11) is 0. The van der Waals surface area contributed by atoms with Crippen molar-refractivity contribution in [2.45, 2.75) is 0 Å². The largest absolute Gasteiger partial charge is 0.346 e. The van der Waals surface area contributed by atoms with Gasteiger partial charge >= 0.3 is 0 Å². The van der Waals surface area contributed by atoms with Gasteiger partial charge in [0, 0.05) is 29.5 Å². The predicted molar refractivity (Wildman–Crippen MR) is 55.3 cm³/mol. The lowest BCUT2D eigenvalue weighted by Crippen LogP contribution is -1.93. The Kier molecular flexibility index (Phi) is 1.44. The molecular formula is C11H8N3. The van der Waals surface area contributed by atoms with Gasteiger partial charge in [-0.25, -0.2) is 4.98 Å². The highest BCUT2D eigenvalue weighted by atomic mass is 14.9. The number of nitrogens with zero attached hydrogens (tertiary/aromatic N) is 2. The minimum absolute atomic E-state index is 0.908. The number of aromatic nitrogens is 2. The first-order chi connectivity index (χ1) is 6.95. The molecule has 0 saturated heterocycles. The van der Waals surface area contributed by atoms with E-state index in [9.17, 15) is 0 Å². The first-order valence-electron chi connectivity index (χ1n) is 4.45. The highest BCUT2D eigenvalue weighted by molar-refractivity contribution is 5.90. The van der Waals surface area contributed by atoms with Crippen molar-refractivity contribution in [2.24, 2.45) is 0 Å². The van der Waals surface area contributed by atoms with E-state index >= 15 is 0 Å². The Morgan fingerprint density at radius 2 is 2.21 bits per heavy atom. The van der Waals surface area contributed by atoms with Gasteiger partial charge in [-0.05, 0) is 24.3 Å². The van der Waals surface area contributed by atoms with Gasteiger partial charge in [-0.2, -0.15) is 0 Å². The van der Waals surface area contributed by atoms with Crippen LogP contribution in [0.1, 0.15) is 5.56 Å². The molecule has 0 spiro atoms. The molecule has 2 aromatic rings. The van der Waals surface area contributed by atoms with E-state index in [0.29, 0.717) is 0 Å². The van der Waals surface area contributed by atoms with Crippen molar-refractivity contribution in [3.05, 3.63) is 48.4 Å². The second-order valence-corrected chi connectivity index (χ2v) is 3.12. The molecule has 0 saturated carbocycles. The van der Waals surface area contributed by atoms with Gasteiger partial charge in [0.2, 0.25) is 0 Å². The second kappa shape index (κ2) is 2.73. The monoisotopic (exact) mass is 182 g/mol. The van der Waals surface area contributed by atoms with Gasteiger partial charge in [0.05, 0.1) is 5.70 Å². The molecule has 1 aliphatic rings. The number of H-pyrrole nitrogens is 1. The van der Waals surface area contributed by atoms with Crippen LogP contribution in [0.4, 0.5) is 0 Å². The molecule has 1 N–H and O–H groups in total. The molecule has 2 aromatic heterocycles. The van der Waals surface area contributed by atoms with Gasteiger partial charge in [0.1, 0.15) is 5.65 Å². The molecule has 3 nitrogen and oxygen atoms in total. The van der Waals surface area contributed by atoms with Gasteiger partial charge in [0.15, 0.2) is 0 Å². The average molecular weight is 182 g/mol. The third-order valence-electron chi connectivity index (χ3n) is 2.29. The van der Waals surface area contributed by atoms with Crippen LogP contribution in [0, 0.1) is 0 Å². The van der Waals surface area contributed by atoms with Gasteiger partial charge in [-0.15, -0.1) is 0 Å². The van der Waals surface area contributed by atoms with Crippen LogP contribution < -0.4 is 5.32 Å². The Bertz CT molecular complexity index is 534. The minimum atomic E-state index is 0.908. The molecule has 3 heteroatoms. The van der Waals surface area contributed by atoms with E-state index in [2.05, 4.69) is 15.3 Å². The number of hydrogen-bond donors (Lipinski definition) is 1. The van der Waals surface area contributed by atoms with Crippen LogP contribution in [0.3, 0.4) is 0 Å². The van der Waals surface area contributed by atoms with E-state index in [1.54, 1.807) is 12.4 Å². The molecule has 14 heavy (non-hydrogen) atoms. The second-order valence-electron chi connectivity index (χ2n) is 3.12. The molecule has 1 aliphatic heterocycles. The summed E-state index contributed by atoms with van der Waals surface area (Å²) in [6.45, 7) is 0. The van der Waals surface area contributed by atoms with Crippen molar-refractivity contribution < 1.29 is 0 Å². The Balaban J connectivity index is 2.25. The summed E-state index contributed by atoms with van der Waals surface area (Å²) < 4.78 is 0. The summed E-state index contributed by atoms with van der Waals surface area (Å²) in [5.74, 6) is 0. The van der Waals surface area contributed by atoms with Crippen LogP contribution >= 0.6 is 0 Å². The van der Waals surface area contributed by atoms with Crippen LogP contribution in [0.15, 0.2) is 42.9 Å². The number of fused-ring (bicyclic) bond motifs is 1. The highest BCUT2D eigenvalue weighted by Gasteiger charge is 2.08. The van der Waals surface area contributed by atoms with E-state index in [4.69, 9.17) is 0 Å². The topological polar surface area (TPSA) is 42.8 Å². The zero-order valence-electron chi connectivity index (χ0n) is 7.44. The quantitative estimate of drug-likeness (QED) is 0.720. The highest BCUT2D eigenvalue weighted by Crippen LogP contribution is 2.23. The number of pyridine rings is 1. The molecule has 0 aliphatic carbocycles. The molecule has 3 heterocycles. The zero-order valence-corrected chi connectivity index (χ0v) is 7.44. The minimum Gasteiger partial charge on any atom is -0.346 e. The van der Waals surface area contributed by atoms with Gasteiger partial charge < -0.3 is 4.98 Å². The molecule has 0 bridgehead atoms. The average Bonchev–Trinajstić information content (AvgIpc) is 2.88. The van der Waals surface area contributed by atoms with E-state index < -0.39 is 0 Å². The van der Waals surface area contributed by atoms with Crippen molar-refractivity contribution in [2.75, 3.05) is 0 Å². The van der Waals surface area contributed by atoms with E-state index in [1.807, 2.05) is 30.5 Å². The lowest BCUT2D eigenvalue weighted by atomic mass is 10.1. The molecule has 0 unspecified atom stereocenters. The number of nitrogens with one attached hydrogen (secondary N) is 1. The van der Waals surface area contributed by atoms with Crippen molar-refractivity contribution in [3.63, 3.8) is 0 Å². The first-order valence-corrected chi connectivity index (χ1v) is 4.45. The molecule has 0 amide bonds. The standard InChI is InChI=1S/C11H8N3/c1-2-10(12-5-1)8-3-6-13-11-9(8)4-7-14-11/h1-7H,(H,13,14). The van der Waals surface area contributed by atoms with Gasteiger partial charge in [0.25, 0.3) is 0 Å². The lowest BCUT2D eigenvalue weighted by Gasteiger charge is -2.02. The molecule has 0 aromatic carbocycles. The van der Waals surface area contributed by atoms with Crippen molar-refractivity contribution >= 4 is 16.7 Å². The van der Waals surface area contributed by atoms with Crippen LogP contribution in [-0.2, 0) is 0 Å². The molecule has 1 radical (unpaired) electrons. The molecule has 0 atom stereocenters. The Labute approximate surface area is 81.2 Å². The van der Waals surface area contributed by atoms with Crippen molar-refractivity contribution in [1.29, 1.82) is 0 Å². The van der Waals surface area contributed by atoms with Crippen molar-refractivity contribution in [3.8, 4) is 0 Å². The summed E-state index contributed by atoms with van der Waals surface area (Å²) in [5.41, 5.74) is 3.03. The lowest BCUT2D eigenvalue weighted by molar-refractivity contribution is 1.22. The molecular weight excluding hydrogens is 174 g/mol. The van der Waals surface area contributed by atoms with Crippen LogP contribution in [0.2, 0.25) is 0 Å². The van der Waals surface area contributed by atoms with Crippen LogP contribution in [-0.4, -0.2) is 9.97 Å². The van der Waals surface area contributed by atoms with Gasteiger partial charge in [-0.3, -0.25) is 5.32 Å². The summed E-state index contributed by atoms with van der Waals surface area (Å²) in [6.07, 6.45) is 9.43. The van der Waals surface area contributed by atoms with Crippen molar-refractivity contribution in [1.82, 2.24) is 15.3 Å². The maximum absolute atomic E-state index is 4.27. The zero-order chi connectivity index (χ0) is 9.38. The molecule has 3 rings (SSSR count). The van der Waals surface area contributed by atoms with E-state index in [-0.39, 0.29) is 0 Å². The Morgan fingerprint density at radius 3 is 3.07 bits per heavy atom. The van der Waals surface area contributed by atoms with Crippen LogP contribution in [0.25, 0.3) is 16.7 Å². The number of hydrogen-bond acceptors (Lipinski definition) is 1. The third-order valence-corrected chi connectivity index (χ3v) is 2.29. The first kappa shape index (κ1) is 7.38.